The van der Waals surface area contributed by atoms with Crippen LogP contribution in [0, 0.1) is 6.92 Å². The van der Waals surface area contributed by atoms with Gasteiger partial charge in [-0.25, -0.2) is 0 Å². The van der Waals surface area contributed by atoms with Gasteiger partial charge in [-0.2, -0.15) is 0 Å². The van der Waals surface area contributed by atoms with Crippen LogP contribution in [0.4, 0.5) is 0 Å². The number of nitrogens with two attached hydrogens (primary N) is 1. The van der Waals surface area contributed by atoms with Crippen LogP contribution in [-0.4, -0.2) is 49.1 Å². The molecule has 0 amide bonds. The molecule has 1 aromatic carbocycles. The largest absolute Gasteiger partial charge is 0.326 e. The first-order valence-electron chi connectivity index (χ1n) is 8.25. The minimum atomic E-state index is 0.202. The van der Waals surface area contributed by atoms with Crippen molar-refractivity contribution in [1.29, 1.82) is 0 Å². The number of nitrogens with zero attached hydrogens (tertiary/aromatic N) is 2. The van der Waals surface area contributed by atoms with Crippen molar-refractivity contribution in [3.05, 3.63) is 35.4 Å². The van der Waals surface area contributed by atoms with E-state index in [1.165, 1.54) is 24.0 Å². The SMILES string of the molecule is CCC(N)C(c1ccc(C)cc1)N1CCCC(N(C)C)C1. The summed E-state index contributed by atoms with van der Waals surface area (Å²) in [7, 11) is 4.38. The zero-order chi connectivity index (χ0) is 15.4. The molecule has 1 heterocycles. The second-order valence-corrected chi connectivity index (χ2v) is 6.68. The lowest BCUT2D eigenvalue weighted by Gasteiger charge is -2.42. The lowest BCUT2D eigenvalue weighted by atomic mass is 9.92. The first-order chi connectivity index (χ1) is 10.0. The van der Waals surface area contributed by atoms with Gasteiger partial charge in [0, 0.05) is 24.7 Å². The zero-order valence-corrected chi connectivity index (χ0v) is 14.0. The van der Waals surface area contributed by atoms with Gasteiger partial charge in [0.15, 0.2) is 0 Å². The van der Waals surface area contributed by atoms with E-state index in [1.807, 2.05) is 0 Å². The lowest BCUT2D eigenvalue weighted by molar-refractivity contribution is 0.0832. The van der Waals surface area contributed by atoms with E-state index in [0.717, 1.165) is 19.5 Å². The molecule has 3 heteroatoms. The van der Waals surface area contributed by atoms with E-state index in [1.54, 1.807) is 0 Å². The third kappa shape index (κ3) is 4.06. The minimum absolute atomic E-state index is 0.202. The van der Waals surface area contributed by atoms with Crippen LogP contribution in [0.5, 0.6) is 0 Å². The Morgan fingerprint density at radius 2 is 1.95 bits per heavy atom. The molecule has 1 aliphatic rings. The third-order valence-electron chi connectivity index (χ3n) is 4.85. The Hall–Kier alpha value is -0.900. The highest BCUT2D eigenvalue weighted by molar-refractivity contribution is 5.25. The fourth-order valence-corrected chi connectivity index (χ4v) is 3.37. The molecule has 118 valence electrons. The summed E-state index contributed by atoms with van der Waals surface area (Å²) in [5.74, 6) is 0. The molecule has 3 atom stereocenters. The van der Waals surface area contributed by atoms with E-state index < -0.39 is 0 Å². The smallest absolute Gasteiger partial charge is 0.0499 e. The number of likely N-dealkylation sites (tertiary alicyclic amines) is 1. The Kier molecular flexibility index (Phi) is 5.80. The maximum atomic E-state index is 6.48. The second kappa shape index (κ2) is 7.39. The van der Waals surface area contributed by atoms with Gasteiger partial charge in [0.05, 0.1) is 0 Å². The van der Waals surface area contributed by atoms with Crippen LogP contribution in [0.25, 0.3) is 0 Å². The molecule has 1 aliphatic heterocycles. The van der Waals surface area contributed by atoms with Crippen molar-refractivity contribution in [2.75, 3.05) is 27.2 Å². The van der Waals surface area contributed by atoms with Gasteiger partial charge in [0.2, 0.25) is 0 Å². The van der Waals surface area contributed by atoms with Crippen molar-refractivity contribution in [3.63, 3.8) is 0 Å². The fraction of sp³-hybridized carbons (Fsp3) is 0.667. The van der Waals surface area contributed by atoms with Gasteiger partial charge in [-0.15, -0.1) is 0 Å². The summed E-state index contributed by atoms with van der Waals surface area (Å²) in [4.78, 5) is 4.96. The van der Waals surface area contributed by atoms with E-state index in [-0.39, 0.29) is 6.04 Å². The van der Waals surface area contributed by atoms with E-state index in [4.69, 9.17) is 5.73 Å². The minimum Gasteiger partial charge on any atom is -0.326 e. The quantitative estimate of drug-likeness (QED) is 0.904. The molecule has 0 radical (unpaired) electrons. The lowest BCUT2D eigenvalue weighted by Crippen LogP contribution is -2.50. The van der Waals surface area contributed by atoms with E-state index >= 15 is 0 Å². The van der Waals surface area contributed by atoms with Crippen LogP contribution < -0.4 is 5.73 Å². The van der Waals surface area contributed by atoms with Crippen molar-refractivity contribution in [2.45, 2.75) is 51.2 Å². The number of benzene rings is 1. The van der Waals surface area contributed by atoms with Crippen molar-refractivity contribution in [3.8, 4) is 0 Å². The summed E-state index contributed by atoms with van der Waals surface area (Å²) >= 11 is 0. The molecule has 1 aromatic rings. The summed E-state index contributed by atoms with van der Waals surface area (Å²) in [5.41, 5.74) is 9.17. The molecule has 1 saturated heterocycles. The molecule has 3 nitrogen and oxygen atoms in total. The summed E-state index contributed by atoms with van der Waals surface area (Å²) in [5, 5.41) is 0. The van der Waals surface area contributed by atoms with Crippen LogP contribution >= 0.6 is 0 Å². The highest BCUT2D eigenvalue weighted by atomic mass is 15.2. The molecule has 0 saturated carbocycles. The maximum absolute atomic E-state index is 6.48. The molecule has 3 unspecified atom stereocenters. The van der Waals surface area contributed by atoms with Crippen LogP contribution in [-0.2, 0) is 0 Å². The molecular formula is C18H31N3. The van der Waals surface area contributed by atoms with Gasteiger partial charge >= 0.3 is 0 Å². The number of hydrogen-bond acceptors (Lipinski definition) is 3. The molecule has 0 spiro atoms. The van der Waals surface area contributed by atoms with Gasteiger partial charge in [-0.3, -0.25) is 4.90 Å². The number of aryl methyl sites for hydroxylation is 1. The van der Waals surface area contributed by atoms with Gasteiger partial charge in [0.25, 0.3) is 0 Å². The topological polar surface area (TPSA) is 32.5 Å². The number of rotatable bonds is 5. The zero-order valence-electron chi connectivity index (χ0n) is 14.0. The van der Waals surface area contributed by atoms with Gasteiger partial charge in [-0.05, 0) is 52.4 Å². The van der Waals surface area contributed by atoms with Crippen molar-refractivity contribution in [2.24, 2.45) is 5.73 Å². The summed E-state index contributed by atoms with van der Waals surface area (Å²) < 4.78 is 0. The van der Waals surface area contributed by atoms with Crippen LogP contribution in [0.1, 0.15) is 43.4 Å². The van der Waals surface area contributed by atoms with Crippen LogP contribution in [0.3, 0.4) is 0 Å². The summed E-state index contributed by atoms with van der Waals surface area (Å²) in [6.45, 7) is 6.62. The van der Waals surface area contributed by atoms with Gasteiger partial charge in [-0.1, -0.05) is 36.8 Å². The number of hydrogen-bond donors (Lipinski definition) is 1. The predicted octanol–water partition coefficient (Wildman–Crippen LogP) is 2.80. The standard InChI is InChI=1S/C18H31N3/c1-5-17(19)18(15-10-8-14(2)9-11-15)21-12-6-7-16(13-21)20(3)4/h8-11,16-18H,5-7,12-13,19H2,1-4H3. The molecule has 1 fully saturated rings. The molecular weight excluding hydrogens is 258 g/mol. The number of likely N-dealkylation sites (N-methyl/N-ethyl adjacent to an activating group) is 1. The molecule has 0 aromatic heterocycles. The Balaban J connectivity index is 2.21. The fourth-order valence-electron chi connectivity index (χ4n) is 3.37. The average Bonchev–Trinajstić information content (AvgIpc) is 2.49. The molecule has 21 heavy (non-hydrogen) atoms. The molecule has 2 N–H and O–H groups in total. The van der Waals surface area contributed by atoms with Crippen LogP contribution in [0.15, 0.2) is 24.3 Å². The third-order valence-corrected chi connectivity index (χ3v) is 4.85. The Labute approximate surface area is 130 Å². The monoisotopic (exact) mass is 289 g/mol. The normalized spacial score (nSPS) is 23.2. The van der Waals surface area contributed by atoms with Crippen molar-refractivity contribution >= 4 is 0 Å². The first kappa shape index (κ1) is 16.5. The van der Waals surface area contributed by atoms with Crippen LogP contribution in [0.2, 0.25) is 0 Å². The van der Waals surface area contributed by atoms with Crippen molar-refractivity contribution < 1.29 is 0 Å². The second-order valence-electron chi connectivity index (χ2n) is 6.68. The first-order valence-corrected chi connectivity index (χ1v) is 8.25. The van der Waals surface area contributed by atoms with Gasteiger partial charge < -0.3 is 10.6 Å². The van der Waals surface area contributed by atoms with E-state index in [2.05, 4.69) is 62.0 Å². The molecule has 0 aliphatic carbocycles. The van der Waals surface area contributed by atoms with E-state index in [9.17, 15) is 0 Å². The Morgan fingerprint density at radius 3 is 2.52 bits per heavy atom. The van der Waals surface area contributed by atoms with Crippen molar-refractivity contribution in [1.82, 2.24) is 9.80 Å². The number of piperidine rings is 1. The Bertz CT molecular complexity index is 427. The summed E-state index contributed by atoms with van der Waals surface area (Å²) in [6.07, 6.45) is 3.58. The maximum Gasteiger partial charge on any atom is 0.0499 e. The predicted molar refractivity (Wildman–Crippen MR) is 90.5 cm³/mol. The van der Waals surface area contributed by atoms with E-state index in [0.29, 0.717) is 12.1 Å². The molecule has 2 rings (SSSR count). The highest BCUT2D eigenvalue weighted by Crippen LogP contribution is 2.29. The summed E-state index contributed by atoms with van der Waals surface area (Å²) in [6, 6.07) is 10.1. The Morgan fingerprint density at radius 1 is 1.29 bits per heavy atom. The molecule has 0 bridgehead atoms. The highest BCUT2D eigenvalue weighted by Gasteiger charge is 2.30. The van der Waals surface area contributed by atoms with Gasteiger partial charge in [0.1, 0.15) is 0 Å². The average molecular weight is 289 g/mol.